The number of aliphatic hydroxyl groups excluding tert-OH is 3. The summed E-state index contributed by atoms with van der Waals surface area (Å²) in [4.78, 5) is 0. The summed E-state index contributed by atoms with van der Waals surface area (Å²) in [7, 11) is 0. The fourth-order valence-electron chi connectivity index (χ4n) is 3.94. The van der Waals surface area contributed by atoms with E-state index in [1.165, 1.54) is 51.4 Å². The van der Waals surface area contributed by atoms with E-state index in [1.54, 1.807) is 0 Å². The molecule has 33 heavy (non-hydrogen) atoms. The highest BCUT2D eigenvalue weighted by Gasteiger charge is 2.53. The molecule has 0 fully saturated rings. The topological polar surface area (TPSA) is 99.4 Å². The highest BCUT2D eigenvalue weighted by Crippen LogP contribution is 2.34. The van der Waals surface area contributed by atoms with Gasteiger partial charge in [-0.1, -0.05) is 105 Å². The predicted molar refractivity (Wildman–Crippen MR) is 135 cm³/mol. The van der Waals surface area contributed by atoms with Gasteiger partial charge in [0.25, 0.3) is 5.97 Å². The minimum Gasteiger partial charge on any atom is -0.395 e. The second kappa shape index (κ2) is 20.0. The van der Waals surface area contributed by atoms with Crippen LogP contribution in [-0.4, -0.2) is 59.4 Å². The number of hydrogen-bond acceptors (Lipinski definition) is 6. The Morgan fingerprint density at radius 1 is 0.515 bits per heavy atom. The van der Waals surface area contributed by atoms with E-state index in [-0.39, 0.29) is 13.2 Å². The summed E-state index contributed by atoms with van der Waals surface area (Å²) in [6, 6.07) is 0. The van der Waals surface area contributed by atoms with Crippen molar-refractivity contribution in [3.63, 3.8) is 0 Å². The van der Waals surface area contributed by atoms with E-state index in [0.29, 0.717) is 0 Å². The summed E-state index contributed by atoms with van der Waals surface area (Å²) >= 11 is 0. The Kier molecular flexibility index (Phi) is 19.9. The first kappa shape index (κ1) is 32.8. The maximum atomic E-state index is 11.0. The lowest BCUT2D eigenvalue weighted by atomic mass is 9.87. The number of hydrogen-bond donors (Lipinski definition) is 4. The van der Waals surface area contributed by atoms with Crippen molar-refractivity contribution in [2.45, 2.75) is 124 Å². The highest BCUT2D eigenvalue weighted by atomic mass is 16.8. The van der Waals surface area contributed by atoms with E-state index in [4.69, 9.17) is 9.47 Å². The van der Waals surface area contributed by atoms with E-state index >= 15 is 0 Å². The van der Waals surface area contributed by atoms with Crippen molar-refractivity contribution in [2.24, 2.45) is 17.3 Å². The van der Waals surface area contributed by atoms with Crippen molar-refractivity contribution in [1.82, 2.24) is 0 Å². The number of unbranched alkanes of at least 4 members (excludes halogenated alkanes) is 10. The molecule has 0 saturated heterocycles. The Morgan fingerprint density at radius 3 is 1.12 bits per heavy atom. The standard InChI is InChI=1S/C27H56O6/c1-24(2)17-13-9-5-7-11-15-19-32-27(31,26(21-28,22-29)23-30)33-20-16-12-8-6-10-14-18-25(3)4/h24-25,28-31H,5-23H2,1-4H3. The first-order chi connectivity index (χ1) is 15.8. The van der Waals surface area contributed by atoms with Crippen LogP contribution < -0.4 is 0 Å². The molecule has 0 heterocycles. The van der Waals surface area contributed by atoms with Gasteiger partial charge in [-0.3, -0.25) is 0 Å². The maximum Gasteiger partial charge on any atom is 0.293 e. The first-order valence-corrected chi connectivity index (χ1v) is 13.6. The summed E-state index contributed by atoms with van der Waals surface area (Å²) in [5.74, 6) is -0.689. The molecule has 0 bridgehead atoms. The molecule has 0 aliphatic heterocycles. The van der Waals surface area contributed by atoms with Crippen LogP contribution in [0.1, 0.15) is 118 Å². The molecule has 200 valence electrons. The first-order valence-electron chi connectivity index (χ1n) is 13.6. The van der Waals surface area contributed by atoms with Gasteiger partial charge < -0.3 is 29.9 Å². The Labute approximate surface area is 204 Å². The second-order valence-corrected chi connectivity index (χ2v) is 10.6. The lowest BCUT2D eigenvalue weighted by Gasteiger charge is -2.42. The van der Waals surface area contributed by atoms with Crippen LogP contribution in [0.4, 0.5) is 0 Å². The van der Waals surface area contributed by atoms with Crippen LogP contribution in [-0.2, 0) is 9.47 Å². The average molecular weight is 477 g/mol. The fourth-order valence-corrected chi connectivity index (χ4v) is 3.94. The van der Waals surface area contributed by atoms with Gasteiger partial charge >= 0.3 is 0 Å². The van der Waals surface area contributed by atoms with Crippen LogP contribution >= 0.6 is 0 Å². The third-order valence-corrected chi connectivity index (χ3v) is 6.53. The normalized spacial score (nSPS) is 12.9. The number of rotatable bonds is 24. The molecule has 0 spiro atoms. The van der Waals surface area contributed by atoms with Gasteiger partial charge in [-0.05, 0) is 24.7 Å². The average Bonchev–Trinajstić information content (AvgIpc) is 2.78. The Bertz CT molecular complexity index is 389. The Morgan fingerprint density at radius 2 is 0.818 bits per heavy atom. The number of aliphatic hydroxyl groups is 4. The summed E-state index contributed by atoms with van der Waals surface area (Å²) in [5.41, 5.74) is -1.67. The predicted octanol–water partition coefficient (Wildman–Crippen LogP) is 5.40. The Hall–Kier alpha value is -0.240. The van der Waals surface area contributed by atoms with Gasteiger partial charge in [0.05, 0.1) is 33.0 Å². The van der Waals surface area contributed by atoms with E-state index < -0.39 is 31.2 Å². The zero-order valence-electron chi connectivity index (χ0n) is 22.2. The van der Waals surface area contributed by atoms with Gasteiger partial charge in [0, 0.05) is 0 Å². The van der Waals surface area contributed by atoms with E-state index in [1.807, 2.05) is 0 Å². The molecule has 0 aliphatic carbocycles. The minimum absolute atomic E-state index is 0.250. The highest BCUT2D eigenvalue weighted by molar-refractivity contribution is 4.86. The van der Waals surface area contributed by atoms with Crippen molar-refractivity contribution >= 4 is 0 Å². The molecule has 0 atom stereocenters. The van der Waals surface area contributed by atoms with Gasteiger partial charge in [0.1, 0.15) is 5.41 Å². The van der Waals surface area contributed by atoms with Gasteiger partial charge in [0.15, 0.2) is 0 Å². The molecule has 0 radical (unpaired) electrons. The fraction of sp³-hybridized carbons (Fsp3) is 1.00. The molecular weight excluding hydrogens is 420 g/mol. The smallest absolute Gasteiger partial charge is 0.293 e. The largest absolute Gasteiger partial charge is 0.395 e. The molecule has 0 rings (SSSR count). The van der Waals surface area contributed by atoms with Crippen molar-refractivity contribution in [2.75, 3.05) is 33.0 Å². The minimum atomic E-state index is -2.21. The van der Waals surface area contributed by atoms with Crippen molar-refractivity contribution in [3.05, 3.63) is 0 Å². The van der Waals surface area contributed by atoms with E-state index in [0.717, 1.165) is 50.4 Å². The molecule has 0 aromatic rings. The van der Waals surface area contributed by atoms with Crippen LogP contribution in [0.2, 0.25) is 0 Å². The molecule has 0 unspecified atom stereocenters. The molecule has 0 aromatic heterocycles. The molecule has 6 heteroatoms. The molecule has 0 aromatic carbocycles. The van der Waals surface area contributed by atoms with E-state index in [9.17, 15) is 20.4 Å². The summed E-state index contributed by atoms with van der Waals surface area (Å²) in [5, 5.41) is 40.4. The SMILES string of the molecule is CC(C)CCCCCCCCOC(O)(OCCCCCCCCC(C)C)C(CO)(CO)CO. The molecule has 0 saturated carbocycles. The van der Waals surface area contributed by atoms with Crippen LogP contribution in [0.5, 0.6) is 0 Å². The zero-order chi connectivity index (χ0) is 25.0. The summed E-state index contributed by atoms with van der Waals surface area (Å²) < 4.78 is 11.3. The molecule has 6 nitrogen and oxygen atoms in total. The molecular formula is C27H56O6. The molecule has 0 amide bonds. The monoisotopic (exact) mass is 476 g/mol. The van der Waals surface area contributed by atoms with Crippen LogP contribution in [0.3, 0.4) is 0 Å². The lowest BCUT2D eigenvalue weighted by Crippen LogP contribution is -2.59. The van der Waals surface area contributed by atoms with Crippen molar-refractivity contribution in [3.8, 4) is 0 Å². The van der Waals surface area contributed by atoms with Gasteiger partial charge in [-0.15, -0.1) is 0 Å². The maximum absolute atomic E-state index is 11.0. The van der Waals surface area contributed by atoms with Crippen molar-refractivity contribution in [1.29, 1.82) is 0 Å². The number of ether oxygens (including phenoxy) is 2. The lowest BCUT2D eigenvalue weighted by molar-refractivity contribution is -0.426. The second-order valence-electron chi connectivity index (χ2n) is 10.6. The summed E-state index contributed by atoms with van der Waals surface area (Å²) in [6.07, 6.45) is 15.7. The van der Waals surface area contributed by atoms with Crippen molar-refractivity contribution < 1.29 is 29.9 Å². The van der Waals surface area contributed by atoms with E-state index in [2.05, 4.69) is 27.7 Å². The van der Waals surface area contributed by atoms with Gasteiger partial charge in [-0.2, -0.15) is 0 Å². The quantitative estimate of drug-likeness (QED) is 0.110. The third kappa shape index (κ3) is 14.7. The van der Waals surface area contributed by atoms with Crippen LogP contribution in [0, 0.1) is 17.3 Å². The van der Waals surface area contributed by atoms with Crippen LogP contribution in [0.15, 0.2) is 0 Å². The molecule has 4 N–H and O–H groups in total. The van der Waals surface area contributed by atoms with Gasteiger partial charge in [-0.25, -0.2) is 0 Å². The van der Waals surface area contributed by atoms with Crippen LogP contribution in [0.25, 0.3) is 0 Å². The zero-order valence-corrected chi connectivity index (χ0v) is 22.2. The Balaban J connectivity index is 4.32. The van der Waals surface area contributed by atoms with Gasteiger partial charge in [0.2, 0.25) is 0 Å². The third-order valence-electron chi connectivity index (χ3n) is 6.53. The molecule has 0 aliphatic rings. The summed E-state index contributed by atoms with van der Waals surface area (Å²) in [6.45, 7) is 7.59.